The molecule has 0 aliphatic heterocycles. The van der Waals surface area contributed by atoms with Crippen molar-refractivity contribution in [2.75, 3.05) is 0 Å². The number of halogens is 3. The van der Waals surface area contributed by atoms with E-state index in [0.717, 1.165) is 77.1 Å². The van der Waals surface area contributed by atoms with Crippen LogP contribution in [0.4, 0.5) is 18.9 Å². The summed E-state index contributed by atoms with van der Waals surface area (Å²) in [6.07, 6.45) is -4.67. The average Bonchev–Trinajstić information content (AvgIpc) is 1.48. The summed E-state index contributed by atoms with van der Waals surface area (Å²) in [5.41, 5.74) is 15.5. The van der Waals surface area contributed by atoms with Gasteiger partial charge in [-0.15, -0.1) is 0 Å². The van der Waals surface area contributed by atoms with Gasteiger partial charge >= 0.3 is 6.18 Å². The standard InChI is InChI=1S/C105H64F3N15/c1-64-55-78(57-79(56-64)105(106,107)108)73-43-49-81(92(62-73)123-89-52-46-76(103-118-97(69-35-19-7-20-36-69)112-98(119-103)70-37-21-8-22-38-70)60-84(89)85-61-77(47-53-90(85)123)104-120-99(71-39-23-9-24-40-71)113-100(121-104)72-41-25-10-26-42-72)86-63-80(109-2)48-54-91(86)122-87-50-44-74(101-114-93(65-27-11-3-12-28-65)110-94(115-101)66-29-13-4-14-30-66)58-82(87)83-59-75(45-51-88(83)122)102-116-95(67-31-15-5-16-32-67)111-96(117-102)68-33-17-6-18-34-68/h3-63H,1H3. The van der Waals surface area contributed by atoms with Gasteiger partial charge in [0.05, 0.1) is 45.6 Å². The normalized spacial score (nSPS) is 11.6. The minimum absolute atomic E-state index is 0.333. The third kappa shape index (κ3) is 14.2. The van der Waals surface area contributed by atoms with Crippen LogP contribution in [0.2, 0.25) is 0 Å². The molecule has 21 aromatic rings. The molecule has 0 radical (unpaired) electrons. The molecule has 0 amide bonds. The Morgan fingerprint density at radius 3 is 0.756 bits per heavy atom. The van der Waals surface area contributed by atoms with Crippen LogP contribution < -0.4 is 0 Å². The summed E-state index contributed by atoms with van der Waals surface area (Å²) in [7, 11) is 0. The summed E-state index contributed by atoms with van der Waals surface area (Å²) in [4.78, 5) is 66.3. The highest BCUT2D eigenvalue weighted by Gasteiger charge is 2.32. The summed E-state index contributed by atoms with van der Waals surface area (Å²) in [5, 5.41) is 3.15. The van der Waals surface area contributed by atoms with Gasteiger partial charge in [0.1, 0.15) is 0 Å². The van der Waals surface area contributed by atoms with Crippen LogP contribution in [0.15, 0.2) is 370 Å². The van der Waals surface area contributed by atoms with Crippen LogP contribution in [-0.2, 0) is 6.18 Å². The van der Waals surface area contributed by atoms with Crippen LogP contribution in [-0.4, -0.2) is 68.9 Å². The monoisotopic (exact) mass is 1590 g/mol. The van der Waals surface area contributed by atoms with Crippen LogP contribution in [0.3, 0.4) is 0 Å². The molecule has 15 nitrogen and oxygen atoms in total. The van der Waals surface area contributed by atoms with Crippen molar-refractivity contribution in [2.24, 2.45) is 0 Å². The fraction of sp³-hybridized carbons (Fsp3) is 0.0190. The number of hydrogen-bond acceptors (Lipinski definition) is 12. The van der Waals surface area contributed by atoms with Crippen LogP contribution in [0.1, 0.15) is 11.1 Å². The van der Waals surface area contributed by atoms with Gasteiger partial charge in [0.25, 0.3) is 0 Å². The Hall–Kier alpha value is -16.8. The summed E-state index contributed by atoms with van der Waals surface area (Å²) < 4.78 is 50.2. The van der Waals surface area contributed by atoms with E-state index in [2.05, 4.69) is 50.4 Å². The highest BCUT2D eigenvalue weighted by Crippen LogP contribution is 2.47. The van der Waals surface area contributed by atoms with E-state index in [1.54, 1.807) is 13.0 Å². The summed E-state index contributed by atoms with van der Waals surface area (Å²) in [6, 6.07) is 119. The van der Waals surface area contributed by atoms with Crippen LogP contribution in [0.5, 0.6) is 0 Å². The fourth-order valence-electron chi connectivity index (χ4n) is 16.1. The molecule has 0 unspecified atom stereocenters. The zero-order valence-electron chi connectivity index (χ0n) is 65.6. The van der Waals surface area contributed by atoms with Crippen LogP contribution >= 0.6 is 0 Å². The summed E-state index contributed by atoms with van der Waals surface area (Å²) in [5.74, 6) is 5.61. The minimum Gasteiger partial charge on any atom is -0.309 e. The maximum absolute atomic E-state index is 15.3. The third-order valence-electron chi connectivity index (χ3n) is 22.0. The van der Waals surface area contributed by atoms with E-state index in [0.29, 0.717) is 148 Å². The molecule has 0 bridgehead atoms. The quantitative estimate of drug-likeness (QED) is 0.0841. The molecule has 0 saturated carbocycles. The van der Waals surface area contributed by atoms with E-state index >= 15 is 13.2 Å². The van der Waals surface area contributed by atoms with Gasteiger partial charge in [-0.2, -0.15) is 13.2 Å². The molecule has 15 aromatic carbocycles. The molecular weight excluding hydrogens is 1530 g/mol. The molecule has 6 aromatic heterocycles. The number of benzene rings is 15. The summed E-state index contributed by atoms with van der Waals surface area (Å²) >= 11 is 0. The second-order valence-electron chi connectivity index (χ2n) is 29.9. The van der Waals surface area contributed by atoms with Gasteiger partial charge in [0.2, 0.25) is 0 Å². The SMILES string of the molecule is [C-]#[N+]c1ccc(-n2c3ccc(-c4nc(-c5ccccc5)nc(-c5ccccc5)n4)cc3c3cc(-c4nc(-c5ccccc5)nc(-c5ccccc5)n4)ccc32)c(-c2ccc(-c3cc(C)cc(C(F)(F)F)c3)cc2-n2c3ccc(-c4nc(-c5ccccc5)nc(-c5ccccc5)n4)cc3c3cc(-c4nc(-c5ccccc5)nc(-c5ccccc5)n4)ccc32)c1. The van der Waals surface area contributed by atoms with Gasteiger partial charge in [-0.05, 0) is 132 Å². The second kappa shape index (κ2) is 30.9. The van der Waals surface area contributed by atoms with Crippen molar-refractivity contribution < 1.29 is 13.2 Å². The highest BCUT2D eigenvalue weighted by atomic mass is 19.4. The Morgan fingerprint density at radius 2 is 0.488 bits per heavy atom. The maximum atomic E-state index is 15.3. The number of aromatic nitrogens is 14. The Balaban J connectivity index is 0.832. The van der Waals surface area contributed by atoms with Crippen molar-refractivity contribution in [3.63, 3.8) is 0 Å². The van der Waals surface area contributed by atoms with Crippen LogP contribution in [0.25, 0.3) is 219 Å². The largest absolute Gasteiger partial charge is 0.416 e. The van der Waals surface area contributed by atoms with E-state index in [4.69, 9.17) is 66.4 Å². The van der Waals surface area contributed by atoms with Crippen molar-refractivity contribution in [2.45, 2.75) is 13.1 Å². The smallest absolute Gasteiger partial charge is 0.309 e. The van der Waals surface area contributed by atoms with Gasteiger partial charge in [-0.25, -0.2) is 64.7 Å². The molecule has 0 atom stereocenters. The van der Waals surface area contributed by atoms with E-state index in [-0.39, 0.29) is 0 Å². The molecular formula is C105H64F3N15. The summed E-state index contributed by atoms with van der Waals surface area (Å²) in [6.45, 7) is 10.5. The number of fused-ring (bicyclic) bond motifs is 6. The Bertz CT molecular complexity index is 7130. The van der Waals surface area contributed by atoms with Gasteiger partial charge in [0, 0.05) is 93.9 Å². The zero-order chi connectivity index (χ0) is 82.7. The molecule has 6 heterocycles. The highest BCUT2D eigenvalue weighted by molar-refractivity contribution is 6.14. The van der Waals surface area contributed by atoms with Crippen molar-refractivity contribution in [1.29, 1.82) is 0 Å². The van der Waals surface area contributed by atoms with Gasteiger partial charge in [0.15, 0.2) is 75.6 Å². The van der Waals surface area contributed by atoms with E-state index < -0.39 is 11.7 Å². The Labute approximate surface area is 703 Å². The number of alkyl halides is 3. The molecule has 0 N–H and O–H groups in total. The first kappa shape index (κ1) is 73.8. The first-order valence-corrected chi connectivity index (χ1v) is 39.9. The number of aryl methyl sites for hydroxylation is 1. The molecule has 0 saturated heterocycles. The van der Waals surface area contributed by atoms with Crippen molar-refractivity contribution in [3.8, 4) is 170 Å². The Kier molecular flexibility index (Phi) is 18.6. The molecule has 123 heavy (non-hydrogen) atoms. The van der Waals surface area contributed by atoms with Gasteiger partial charge in [-0.1, -0.05) is 267 Å². The first-order valence-electron chi connectivity index (χ1n) is 39.9. The average molecular weight is 1590 g/mol. The van der Waals surface area contributed by atoms with Crippen molar-refractivity contribution >= 4 is 49.3 Å². The molecule has 21 rings (SSSR count). The van der Waals surface area contributed by atoms with Crippen molar-refractivity contribution in [3.05, 3.63) is 393 Å². The molecule has 0 spiro atoms. The lowest BCUT2D eigenvalue weighted by molar-refractivity contribution is -0.137. The second-order valence-corrected chi connectivity index (χ2v) is 29.9. The number of nitrogens with zero attached hydrogens (tertiary/aromatic N) is 15. The lowest BCUT2D eigenvalue weighted by Gasteiger charge is -2.21. The lowest BCUT2D eigenvalue weighted by atomic mass is 9.94. The van der Waals surface area contributed by atoms with Crippen molar-refractivity contribution in [1.82, 2.24) is 68.9 Å². The predicted molar refractivity (Wildman–Crippen MR) is 481 cm³/mol. The van der Waals surface area contributed by atoms with E-state index in [1.165, 1.54) is 12.1 Å². The van der Waals surface area contributed by atoms with Crippen LogP contribution in [0, 0.1) is 13.5 Å². The molecule has 18 heteroatoms. The predicted octanol–water partition coefficient (Wildman–Crippen LogP) is 25.8. The van der Waals surface area contributed by atoms with Gasteiger partial charge < -0.3 is 9.13 Å². The minimum atomic E-state index is -4.67. The topological polar surface area (TPSA) is 169 Å². The molecule has 0 fully saturated rings. The number of hydrogen-bond donors (Lipinski definition) is 0. The number of rotatable bonds is 16. The first-order chi connectivity index (χ1) is 60.4. The van der Waals surface area contributed by atoms with E-state index in [9.17, 15) is 0 Å². The third-order valence-corrected chi connectivity index (χ3v) is 22.0. The van der Waals surface area contributed by atoms with Gasteiger partial charge in [-0.3, -0.25) is 0 Å². The molecule has 0 aliphatic rings. The lowest BCUT2D eigenvalue weighted by Crippen LogP contribution is -2.05. The fourth-order valence-corrected chi connectivity index (χ4v) is 16.1. The maximum Gasteiger partial charge on any atom is 0.416 e. The zero-order valence-corrected chi connectivity index (χ0v) is 65.6. The molecule has 0 aliphatic carbocycles. The van der Waals surface area contributed by atoms with E-state index in [1.807, 2.05) is 315 Å². The Morgan fingerprint density at radius 1 is 0.228 bits per heavy atom. The molecule has 580 valence electrons.